The van der Waals surface area contributed by atoms with E-state index in [1.165, 1.54) is 36.8 Å². The van der Waals surface area contributed by atoms with Gasteiger partial charge in [-0.25, -0.2) is 4.52 Å². The molecule has 0 aliphatic heterocycles. The molecule has 0 unspecified atom stereocenters. The standard InChI is InChI=1S/C22H12F9N3O/c23-20(24,25)11-35-18-8-13(1-2-16(18)21(26,27)28)14-7-17-15(12-3-5-32-6-4-12)10-33-34(17)19(9-14)22(29,30)31/h1-10H,11H2. The maximum atomic E-state index is 13.8. The predicted molar refractivity (Wildman–Crippen MR) is 105 cm³/mol. The molecule has 35 heavy (non-hydrogen) atoms. The quantitative estimate of drug-likeness (QED) is 0.279. The van der Waals surface area contributed by atoms with Crippen LogP contribution in [0, 0.1) is 0 Å². The Hall–Kier alpha value is -3.77. The summed E-state index contributed by atoms with van der Waals surface area (Å²) < 4.78 is 124. The fraction of sp³-hybridized carbons (Fsp3) is 0.182. The average molecular weight is 505 g/mol. The maximum absolute atomic E-state index is 13.8. The first-order chi connectivity index (χ1) is 16.2. The van der Waals surface area contributed by atoms with E-state index >= 15 is 0 Å². The molecule has 0 aliphatic carbocycles. The Labute approximate surface area is 190 Å². The van der Waals surface area contributed by atoms with Crippen molar-refractivity contribution in [1.29, 1.82) is 0 Å². The second kappa shape index (κ2) is 8.47. The third-order valence-corrected chi connectivity index (χ3v) is 4.91. The second-order valence-electron chi connectivity index (χ2n) is 7.33. The molecule has 4 rings (SSSR count). The normalized spacial score (nSPS) is 12.8. The van der Waals surface area contributed by atoms with Crippen LogP contribution in [0.3, 0.4) is 0 Å². The van der Waals surface area contributed by atoms with Gasteiger partial charge in [-0.15, -0.1) is 0 Å². The molecule has 184 valence electrons. The lowest BCUT2D eigenvalue weighted by Crippen LogP contribution is -2.21. The molecule has 0 saturated carbocycles. The number of ether oxygens (including phenoxy) is 1. The fourth-order valence-electron chi connectivity index (χ4n) is 3.42. The summed E-state index contributed by atoms with van der Waals surface area (Å²) in [5, 5.41) is 3.79. The van der Waals surface area contributed by atoms with Gasteiger partial charge in [-0.3, -0.25) is 4.98 Å². The van der Waals surface area contributed by atoms with E-state index < -0.39 is 42.1 Å². The summed E-state index contributed by atoms with van der Waals surface area (Å²) >= 11 is 0. The van der Waals surface area contributed by atoms with Gasteiger partial charge in [0.15, 0.2) is 6.61 Å². The van der Waals surface area contributed by atoms with Crippen LogP contribution in [0.2, 0.25) is 0 Å². The number of hydrogen-bond acceptors (Lipinski definition) is 3. The van der Waals surface area contributed by atoms with Crippen LogP contribution >= 0.6 is 0 Å². The largest absolute Gasteiger partial charge is 0.483 e. The third-order valence-electron chi connectivity index (χ3n) is 4.91. The molecule has 1 aromatic carbocycles. The Morgan fingerprint density at radius 2 is 1.43 bits per heavy atom. The monoisotopic (exact) mass is 505 g/mol. The number of benzene rings is 1. The van der Waals surface area contributed by atoms with Crippen molar-refractivity contribution < 1.29 is 44.3 Å². The van der Waals surface area contributed by atoms with E-state index in [0.717, 1.165) is 6.07 Å². The first-order valence-electron chi connectivity index (χ1n) is 9.64. The molecule has 0 N–H and O–H groups in total. The summed E-state index contributed by atoms with van der Waals surface area (Å²) in [7, 11) is 0. The molecule has 0 atom stereocenters. The minimum atomic E-state index is -5.06. The van der Waals surface area contributed by atoms with Gasteiger partial charge in [0.05, 0.1) is 17.3 Å². The lowest BCUT2D eigenvalue weighted by atomic mass is 10.0. The molecule has 4 aromatic rings. The van der Waals surface area contributed by atoms with Crippen molar-refractivity contribution in [2.45, 2.75) is 18.5 Å². The number of alkyl halides is 9. The smallest absolute Gasteiger partial charge is 0.433 e. The number of nitrogens with zero attached hydrogens (tertiary/aromatic N) is 3. The minimum Gasteiger partial charge on any atom is -0.483 e. The molecule has 13 heteroatoms. The first-order valence-corrected chi connectivity index (χ1v) is 9.64. The first kappa shape index (κ1) is 24.4. The molecule has 4 nitrogen and oxygen atoms in total. The molecule has 0 amide bonds. The molecule has 0 radical (unpaired) electrons. The number of aromatic nitrogens is 3. The summed E-state index contributed by atoms with van der Waals surface area (Å²) in [5.74, 6) is -1.16. The van der Waals surface area contributed by atoms with Crippen LogP contribution in [0.4, 0.5) is 39.5 Å². The molecule has 0 aliphatic rings. The van der Waals surface area contributed by atoms with Gasteiger partial charge in [0, 0.05) is 18.0 Å². The zero-order chi connectivity index (χ0) is 25.6. The third kappa shape index (κ3) is 5.17. The highest BCUT2D eigenvalue weighted by Crippen LogP contribution is 2.41. The topological polar surface area (TPSA) is 39.4 Å². The summed E-state index contributed by atoms with van der Waals surface area (Å²) in [6.07, 6.45) is -10.9. The van der Waals surface area contributed by atoms with Crippen LogP contribution in [-0.2, 0) is 12.4 Å². The Kier molecular flexibility index (Phi) is 5.89. The van der Waals surface area contributed by atoms with Crippen LogP contribution < -0.4 is 4.74 Å². The van der Waals surface area contributed by atoms with Gasteiger partial charge in [-0.05, 0) is 53.1 Å². The number of hydrogen-bond donors (Lipinski definition) is 0. The van der Waals surface area contributed by atoms with Crippen LogP contribution in [0.1, 0.15) is 11.3 Å². The molecule has 3 heterocycles. The second-order valence-corrected chi connectivity index (χ2v) is 7.33. The van der Waals surface area contributed by atoms with Gasteiger partial charge in [0.25, 0.3) is 0 Å². The van der Waals surface area contributed by atoms with E-state index in [1.807, 2.05) is 0 Å². The summed E-state index contributed by atoms with van der Waals surface area (Å²) in [5.41, 5.74) is -2.43. The van der Waals surface area contributed by atoms with Gasteiger partial charge in [0.1, 0.15) is 11.4 Å². The van der Waals surface area contributed by atoms with Crippen LogP contribution in [-0.4, -0.2) is 27.4 Å². The number of fused-ring (bicyclic) bond motifs is 1. The molecular formula is C22H12F9N3O. The molecule has 0 saturated heterocycles. The maximum Gasteiger partial charge on any atom is 0.433 e. The van der Waals surface area contributed by atoms with Gasteiger partial charge in [-0.1, -0.05) is 6.07 Å². The van der Waals surface area contributed by atoms with E-state index in [-0.39, 0.29) is 22.2 Å². The Morgan fingerprint density at radius 3 is 2.03 bits per heavy atom. The Balaban J connectivity index is 1.92. The molecule has 0 spiro atoms. The number of halogens is 9. The Morgan fingerprint density at radius 1 is 0.743 bits per heavy atom. The van der Waals surface area contributed by atoms with E-state index in [1.54, 1.807) is 0 Å². The van der Waals surface area contributed by atoms with Crippen molar-refractivity contribution in [3.63, 3.8) is 0 Å². The van der Waals surface area contributed by atoms with Gasteiger partial charge >= 0.3 is 18.5 Å². The Bertz CT molecular complexity index is 1360. The lowest BCUT2D eigenvalue weighted by Gasteiger charge is -2.17. The highest BCUT2D eigenvalue weighted by molar-refractivity contribution is 5.84. The van der Waals surface area contributed by atoms with Crippen molar-refractivity contribution in [1.82, 2.24) is 14.6 Å². The van der Waals surface area contributed by atoms with Crippen LogP contribution in [0.5, 0.6) is 5.75 Å². The van der Waals surface area contributed by atoms with Crippen LogP contribution in [0.15, 0.2) is 61.1 Å². The lowest BCUT2D eigenvalue weighted by molar-refractivity contribution is -0.158. The minimum absolute atomic E-state index is 0.0290. The molecular weight excluding hydrogens is 493 g/mol. The van der Waals surface area contributed by atoms with E-state index in [2.05, 4.69) is 14.8 Å². The summed E-state index contributed by atoms with van der Waals surface area (Å²) in [6.45, 7) is -2.01. The molecule has 3 aromatic heterocycles. The van der Waals surface area contributed by atoms with Crippen LogP contribution in [0.25, 0.3) is 27.8 Å². The van der Waals surface area contributed by atoms with E-state index in [4.69, 9.17) is 0 Å². The number of pyridine rings is 2. The predicted octanol–water partition coefficient (Wildman–Crippen LogP) is 7.04. The summed E-state index contributed by atoms with van der Waals surface area (Å²) in [4.78, 5) is 3.84. The number of rotatable bonds is 4. The van der Waals surface area contributed by atoms with Gasteiger partial charge < -0.3 is 4.74 Å². The highest BCUT2D eigenvalue weighted by atomic mass is 19.4. The fourth-order valence-corrected chi connectivity index (χ4v) is 3.42. The van der Waals surface area contributed by atoms with Crippen molar-refractivity contribution in [3.05, 3.63) is 72.3 Å². The molecule has 0 fully saturated rings. The average Bonchev–Trinajstić information content (AvgIpc) is 3.19. The van der Waals surface area contributed by atoms with Crippen molar-refractivity contribution in [2.24, 2.45) is 0 Å². The van der Waals surface area contributed by atoms with Crippen molar-refractivity contribution in [3.8, 4) is 28.0 Å². The summed E-state index contributed by atoms with van der Waals surface area (Å²) in [6, 6.07) is 6.89. The molecule has 0 bridgehead atoms. The van der Waals surface area contributed by atoms with E-state index in [9.17, 15) is 39.5 Å². The zero-order valence-corrected chi connectivity index (χ0v) is 17.1. The van der Waals surface area contributed by atoms with Crippen molar-refractivity contribution >= 4 is 5.52 Å². The van der Waals surface area contributed by atoms with E-state index in [0.29, 0.717) is 28.3 Å². The van der Waals surface area contributed by atoms with Gasteiger partial charge in [-0.2, -0.15) is 44.6 Å². The van der Waals surface area contributed by atoms with Crippen molar-refractivity contribution in [2.75, 3.05) is 6.61 Å². The zero-order valence-electron chi connectivity index (χ0n) is 17.1. The highest BCUT2D eigenvalue weighted by Gasteiger charge is 2.37. The SMILES string of the molecule is FC(F)(F)COc1cc(-c2cc(C(F)(F)F)n3ncc(-c4ccncc4)c3c2)ccc1C(F)(F)F. The van der Waals surface area contributed by atoms with Gasteiger partial charge in [0.2, 0.25) is 0 Å².